The van der Waals surface area contributed by atoms with Crippen LogP contribution >= 0.6 is 23.4 Å². The van der Waals surface area contributed by atoms with Crippen molar-refractivity contribution in [2.75, 3.05) is 32.8 Å². The van der Waals surface area contributed by atoms with Gasteiger partial charge >= 0.3 is 6.18 Å². The highest BCUT2D eigenvalue weighted by atomic mass is 35.5. The molecule has 1 unspecified atom stereocenters. The van der Waals surface area contributed by atoms with Crippen LogP contribution in [0.25, 0.3) is 16.5 Å². The number of nitrogens with one attached hydrogen (secondary N) is 1. The number of thioether (sulfide) groups is 1. The highest BCUT2D eigenvalue weighted by Crippen LogP contribution is 2.41. The summed E-state index contributed by atoms with van der Waals surface area (Å²) in [5.74, 6) is -1.51. The van der Waals surface area contributed by atoms with E-state index in [0.29, 0.717) is 28.2 Å². The monoisotopic (exact) mass is 693 g/mol. The van der Waals surface area contributed by atoms with Gasteiger partial charge in [0.25, 0.3) is 17.2 Å². The number of carboxylic acid groups (broad SMARTS) is 1. The summed E-state index contributed by atoms with van der Waals surface area (Å²) in [6.45, 7) is 3.55. The number of alkyl halides is 3. The average Bonchev–Trinajstić information content (AvgIpc) is 3.58. The normalized spacial score (nSPS) is 21.9. The van der Waals surface area contributed by atoms with E-state index in [1.54, 1.807) is 39.0 Å². The number of H-pyrrole nitrogens is 1. The van der Waals surface area contributed by atoms with Crippen LogP contribution in [0.15, 0.2) is 47.5 Å². The lowest BCUT2D eigenvalue weighted by Gasteiger charge is -2.56. The summed E-state index contributed by atoms with van der Waals surface area (Å²) < 4.78 is 41.5. The molecule has 0 radical (unpaired) electrons. The molecular weight excluding hydrogens is 663 g/mol. The Morgan fingerprint density at radius 1 is 1.17 bits per heavy atom. The Morgan fingerprint density at radius 3 is 2.53 bits per heavy atom. The van der Waals surface area contributed by atoms with Gasteiger partial charge < -0.3 is 19.9 Å². The van der Waals surface area contributed by atoms with E-state index >= 15 is 0 Å². The number of aliphatic hydroxyl groups is 1. The van der Waals surface area contributed by atoms with Gasteiger partial charge in [-0.1, -0.05) is 23.7 Å². The Kier molecular flexibility index (Phi) is 9.22. The topological polar surface area (TPSA) is 147 Å². The molecule has 11 nitrogen and oxygen atoms in total. The van der Waals surface area contributed by atoms with E-state index in [2.05, 4.69) is 10.2 Å². The molecule has 16 heteroatoms. The zero-order chi connectivity index (χ0) is 34.5. The number of imide groups is 1. The van der Waals surface area contributed by atoms with Crippen LogP contribution in [0.5, 0.6) is 0 Å². The summed E-state index contributed by atoms with van der Waals surface area (Å²) in [7, 11) is 0. The Labute approximate surface area is 276 Å². The molecular formula is C31H31ClF3N5O6S. The van der Waals surface area contributed by atoms with Crippen molar-refractivity contribution in [3.05, 3.63) is 69.2 Å². The van der Waals surface area contributed by atoms with Gasteiger partial charge in [0.05, 0.1) is 47.4 Å². The molecule has 2 aliphatic rings. The maximum absolute atomic E-state index is 14.0. The first-order valence-corrected chi connectivity index (χ1v) is 15.7. The van der Waals surface area contributed by atoms with E-state index in [9.17, 15) is 42.6 Å². The van der Waals surface area contributed by atoms with Crippen molar-refractivity contribution in [1.82, 2.24) is 20.0 Å². The summed E-state index contributed by atoms with van der Waals surface area (Å²) >= 11 is 6.40. The molecule has 2 fully saturated rings. The third-order valence-electron chi connectivity index (χ3n) is 8.81. The summed E-state index contributed by atoms with van der Waals surface area (Å²) in [5.41, 5.74) is -0.887. The van der Waals surface area contributed by atoms with Crippen molar-refractivity contribution in [2.45, 2.75) is 44.9 Å². The fourth-order valence-electron chi connectivity index (χ4n) is 6.32. The SMILES string of the molecule is CC(C)(C)[N+]1(C(=O)[O-])CCN(C(=O)CN2C(=O)S/C(=C(/Cc3ccc(Cl)cc3C(F)(F)F)c3ccc4[nH]ncc4c3)C2=O)C[C@@H]1CO. The molecule has 0 spiro atoms. The van der Waals surface area contributed by atoms with Crippen LogP contribution in [0.2, 0.25) is 5.02 Å². The minimum absolute atomic E-state index is 0.0423. The van der Waals surface area contributed by atoms with Gasteiger partial charge in [-0.2, -0.15) is 18.3 Å². The van der Waals surface area contributed by atoms with Crippen LogP contribution < -0.4 is 5.11 Å². The largest absolute Gasteiger partial charge is 0.498 e. The number of aromatic nitrogens is 2. The number of nitrogens with zero attached hydrogens (tertiary/aromatic N) is 4. The lowest BCUT2D eigenvalue weighted by atomic mass is 9.93. The number of hydrogen-bond donors (Lipinski definition) is 2. The number of hydrogen-bond acceptors (Lipinski definition) is 8. The zero-order valence-electron chi connectivity index (χ0n) is 25.6. The number of amides is 4. The smallest absolute Gasteiger partial charge is 0.416 e. The molecule has 2 aliphatic heterocycles. The van der Waals surface area contributed by atoms with Crippen LogP contribution in [-0.4, -0.2) is 97.1 Å². The third kappa shape index (κ3) is 6.36. The van der Waals surface area contributed by atoms with Gasteiger partial charge in [-0.25, -0.2) is 0 Å². The van der Waals surface area contributed by atoms with Crippen LogP contribution in [0.4, 0.5) is 22.8 Å². The summed E-state index contributed by atoms with van der Waals surface area (Å²) in [4.78, 5) is 54.6. The fourth-order valence-corrected chi connectivity index (χ4v) is 7.44. The number of fused-ring (bicyclic) bond motifs is 1. The number of carbonyl (C=O) groups is 4. The first-order valence-electron chi connectivity index (χ1n) is 14.5. The van der Waals surface area contributed by atoms with Crippen molar-refractivity contribution in [2.24, 2.45) is 0 Å². The molecule has 3 heterocycles. The van der Waals surface area contributed by atoms with E-state index in [4.69, 9.17) is 11.6 Å². The first-order chi connectivity index (χ1) is 22.0. The van der Waals surface area contributed by atoms with Crippen molar-refractivity contribution < 1.29 is 47.0 Å². The average molecular weight is 694 g/mol. The molecule has 2 aromatic carbocycles. The Bertz CT molecular complexity index is 1810. The number of carbonyl (C=O) groups excluding carboxylic acids is 4. The van der Waals surface area contributed by atoms with Gasteiger partial charge in [-0.05, 0) is 79.9 Å². The molecule has 4 amide bonds. The lowest BCUT2D eigenvalue weighted by molar-refractivity contribution is -0.945. The summed E-state index contributed by atoms with van der Waals surface area (Å²) in [6, 6.07) is 7.26. The van der Waals surface area contributed by atoms with E-state index in [-0.39, 0.29) is 40.7 Å². The highest BCUT2D eigenvalue weighted by Gasteiger charge is 2.52. The number of aromatic amines is 1. The van der Waals surface area contributed by atoms with Crippen molar-refractivity contribution >= 4 is 63.0 Å². The van der Waals surface area contributed by atoms with Gasteiger partial charge in [0.15, 0.2) is 0 Å². The zero-order valence-corrected chi connectivity index (χ0v) is 27.1. The Balaban J connectivity index is 1.48. The second kappa shape index (κ2) is 12.6. The summed E-state index contributed by atoms with van der Waals surface area (Å²) in [6.07, 6.45) is -5.03. The van der Waals surface area contributed by atoms with E-state index in [1.165, 1.54) is 23.2 Å². The van der Waals surface area contributed by atoms with Crippen molar-refractivity contribution in [3.63, 3.8) is 0 Å². The molecule has 5 rings (SSSR count). The van der Waals surface area contributed by atoms with Gasteiger partial charge in [0.1, 0.15) is 19.1 Å². The third-order valence-corrected chi connectivity index (χ3v) is 10.1. The van der Waals surface area contributed by atoms with Gasteiger partial charge in [0, 0.05) is 10.4 Å². The van der Waals surface area contributed by atoms with Gasteiger partial charge in [0.2, 0.25) is 5.91 Å². The maximum atomic E-state index is 14.0. The van der Waals surface area contributed by atoms with Crippen molar-refractivity contribution in [3.8, 4) is 0 Å². The Hall–Kier alpha value is -3.92. The number of quaternary nitrogens is 1. The molecule has 2 atom stereocenters. The summed E-state index contributed by atoms with van der Waals surface area (Å²) in [5, 5.41) is 28.9. The number of allylic oxidation sites excluding steroid dienone is 1. The number of rotatable bonds is 6. The molecule has 2 saturated heterocycles. The second-order valence-corrected chi connectivity index (χ2v) is 13.8. The molecule has 3 aromatic rings. The fraction of sp³-hybridized carbons (Fsp3) is 0.387. The van der Waals surface area contributed by atoms with Gasteiger partial charge in [-0.15, -0.1) is 0 Å². The molecule has 1 aromatic heterocycles. The van der Waals surface area contributed by atoms with Crippen LogP contribution in [0, 0.1) is 0 Å². The minimum atomic E-state index is -4.76. The quantitative estimate of drug-likeness (QED) is 0.291. The van der Waals surface area contributed by atoms with Crippen LogP contribution in [0.1, 0.15) is 37.5 Å². The molecule has 47 heavy (non-hydrogen) atoms. The Morgan fingerprint density at radius 2 is 1.89 bits per heavy atom. The minimum Gasteiger partial charge on any atom is -0.498 e. The predicted molar refractivity (Wildman–Crippen MR) is 166 cm³/mol. The second-order valence-electron chi connectivity index (χ2n) is 12.4. The number of aliphatic hydroxyl groups excluding tert-OH is 1. The first kappa shape index (κ1) is 34.4. The van der Waals surface area contributed by atoms with Crippen LogP contribution in [0.3, 0.4) is 0 Å². The number of halogens is 4. The molecule has 0 saturated carbocycles. The number of piperazine rings is 1. The number of benzene rings is 2. The standard InChI is InChI=1S/C31H31ClF3N5O6S/c1-30(2,3)40(29(45)46)9-8-38(14-21(40)16-41)25(42)15-39-27(43)26(47-28(39)44)22(17-5-7-24-19(10-17)13-36-37-24)11-18-4-6-20(32)12-23(18)31(33,34)35/h4-7,10,12-13,21,41H,8-9,11,14-16H2,1-3H3,(H-,36,37,43,45,46)/t21-,40?/m1/s1. The lowest BCUT2D eigenvalue weighted by Crippen LogP contribution is -2.78. The van der Waals surface area contributed by atoms with E-state index in [1.807, 2.05) is 0 Å². The van der Waals surface area contributed by atoms with Crippen LogP contribution in [-0.2, 0) is 22.2 Å². The molecule has 250 valence electrons. The molecule has 2 N–H and O–H groups in total. The molecule has 0 bridgehead atoms. The predicted octanol–water partition coefficient (Wildman–Crippen LogP) is 4.05. The highest BCUT2D eigenvalue weighted by molar-refractivity contribution is 8.18. The molecule has 0 aliphatic carbocycles. The van der Waals surface area contributed by atoms with Gasteiger partial charge in [-0.3, -0.25) is 28.9 Å². The maximum Gasteiger partial charge on any atom is 0.416 e. The van der Waals surface area contributed by atoms with E-state index in [0.717, 1.165) is 11.0 Å². The van der Waals surface area contributed by atoms with E-state index < -0.39 is 70.5 Å². The van der Waals surface area contributed by atoms with Crippen molar-refractivity contribution in [1.29, 1.82) is 0 Å².